The van der Waals surface area contributed by atoms with Crippen molar-refractivity contribution < 1.29 is 9.59 Å². The third-order valence-corrected chi connectivity index (χ3v) is 4.12. The van der Waals surface area contributed by atoms with Gasteiger partial charge < -0.3 is 10.2 Å². The van der Waals surface area contributed by atoms with Crippen LogP contribution in [0.25, 0.3) is 0 Å². The highest BCUT2D eigenvalue weighted by Crippen LogP contribution is 2.29. The number of carbonyl (C=O) groups excluding carboxylic acids is 2. The predicted molar refractivity (Wildman–Crippen MR) is 81.4 cm³/mol. The zero-order valence-corrected chi connectivity index (χ0v) is 13.5. The van der Waals surface area contributed by atoms with Crippen molar-refractivity contribution in [2.24, 2.45) is 0 Å². The minimum Gasteiger partial charge on any atom is -0.345 e. The normalized spacial score (nSPS) is 20.6. The van der Waals surface area contributed by atoms with Crippen molar-refractivity contribution in [3.8, 4) is 0 Å². The van der Waals surface area contributed by atoms with Gasteiger partial charge >= 0.3 is 0 Å². The van der Waals surface area contributed by atoms with Gasteiger partial charge in [0.25, 0.3) is 0 Å². The molecule has 1 heterocycles. The lowest BCUT2D eigenvalue weighted by molar-refractivity contribution is -0.125. The molecule has 0 saturated carbocycles. The Bertz CT molecular complexity index is 507. The second-order valence-corrected chi connectivity index (χ2v) is 6.22. The Morgan fingerprint density at radius 3 is 2.89 bits per heavy atom. The number of benzene rings is 1. The molecule has 1 N–H and O–H groups in total. The third-order valence-electron chi connectivity index (χ3n) is 2.78. The molecule has 1 unspecified atom stereocenters. The second kappa shape index (κ2) is 5.56. The van der Waals surface area contributed by atoms with Gasteiger partial charge in [-0.25, -0.2) is 0 Å². The van der Waals surface area contributed by atoms with Crippen molar-refractivity contribution in [2.75, 3.05) is 11.4 Å². The van der Waals surface area contributed by atoms with Crippen molar-refractivity contribution in [1.29, 1.82) is 0 Å². The van der Waals surface area contributed by atoms with Crippen LogP contribution in [0.1, 0.15) is 13.3 Å². The summed E-state index contributed by atoms with van der Waals surface area (Å²) < 4.78 is 1.91. The second-order valence-electron chi connectivity index (χ2n) is 4.12. The number of anilines is 1. The van der Waals surface area contributed by atoms with Crippen molar-refractivity contribution in [3.05, 3.63) is 26.2 Å². The summed E-state index contributed by atoms with van der Waals surface area (Å²) in [5, 5.41) is 2.68. The average molecular weight is 423 g/mol. The molecule has 18 heavy (non-hydrogen) atoms. The topological polar surface area (TPSA) is 49.4 Å². The molecule has 6 heteroatoms. The summed E-state index contributed by atoms with van der Waals surface area (Å²) >= 11 is 5.65. The summed E-state index contributed by atoms with van der Waals surface area (Å²) in [6.45, 7) is 2.12. The van der Waals surface area contributed by atoms with Gasteiger partial charge in [-0.3, -0.25) is 9.59 Å². The molecule has 1 aromatic carbocycles. The van der Waals surface area contributed by atoms with E-state index in [-0.39, 0.29) is 11.8 Å². The number of halogens is 2. The summed E-state index contributed by atoms with van der Waals surface area (Å²) in [5.74, 6) is -0.163. The van der Waals surface area contributed by atoms with Crippen LogP contribution in [0.2, 0.25) is 0 Å². The van der Waals surface area contributed by atoms with Crippen LogP contribution in [-0.2, 0) is 9.59 Å². The highest BCUT2D eigenvalue weighted by molar-refractivity contribution is 14.1. The number of hydrogen-bond acceptors (Lipinski definition) is 2. The Kier molecular flexibility index (Phi) is 4.26. The van der Waals surface area contributed by atoms with Crippen molar-refractivity contribution >= 4 is 56.0 Å². The molecule has 2 rings (SSSR count). The molecule has 0 aromatic heterocycles. The van der Waals surface area contributed by atoms with Gasteiger partial charge in [0, 0.05) is 21.0 Å². The fourth-order valence-corrected chi connectivity index (χ4v) is 2.80. The molecule has 4 nitrogen and oxygen atoms in total. The zero-order chi connectivity index (χ0) is 13.3. The number of hydrogen-bond donors (Lipinski definition) is 1. The van der Waals surface area contributed by atoms with Crippen LogP contribution >= 0.6 is 38.5 Å². The van der Waals surface area contributed by atoms with Crippen LogP contribution in [0.4, 0.5) is 5.69 Å². The summed E-state index contributed by atoms with van der Waals surface area (Å²) in [4.78, 5) is 25.4. The summed E-state index contributed by atoms with van der Waals surface area (Å²) in [5.41, 5.74) is 0.815. The molecule has 96 valence electrons. The molecule has 0 aliphatic carbocycles. The van der Waals surface area contributed by atoms with Crippen LogP contribution < -0.4 is 10.2 Å². The molecular weight excluding hydrogens is 411 g/mol. The Labute approximate surface area is 127 Å². The van der Waals surface area contributed by atoms with Crippen LogP contribution in [0.15, 0.2) is 22.7 Å². The van der Waals surface area contributed by atoms with Gasteiger partial charge in [0.1, 0.15) is 6.04 Å². The number of rotatable bonds is 1. The van der Waals surface area contributed by atoms with E-state index in [1.54, 1.807) is 11.8 Å². The maximum Gasteiger partial charge on any atom is 0.249 e. The van der Waals surface area contributed by atoms with Crippen molar-refractivity contribution in [1.82, 2.24) is 5.32 Å². The lowest BCUT2D eigenvalue weighted by atomic mass is 10.2. The molecule has 0 radical (unpaired) electrons. The van der Waals surface area contributed by atoms with E-state index in [9.17, 15) is 9.59 Å². The van der Waals surface area contributed by atoms with Crippen LogP contribution in [-0.4, -0.2) is 24.4 Å². The zero-order valence-electron chi connectivity index (χ0n) is 9.74. The molecule has 0 spiro atoms. The molecule has 1 aliphatic rings. The maximum atomic E-state index is 12.2. The van der Waals surface area contributed by atoms with Gasteiger partial charge in [-0.05, 0) is 63.6 Å². The van der Waals surface area contributed by atoms with Gasteiger partial charge in [-0.2, -0.15) is 0 Å². The number of nitrogens with one attached hydrogen (secondary N) is 1. The number of amides is 2. The van der Waals surface area contributed by atoms with E-state index in [1.165, 1.54) is 0 Å². The van der Waals surface area contributed by atoms with E-state index in [4.69, 9.17) is 0 Å². The molecule has 1 aromatic rings. The first-order valence-corrected chi connectivity index (χ1v) is 7.42. The molecule has 1 saturated heterocycles. The van der Waals surface area contributed by atoms with E-state index in [1.807, 2.05) is 18.2 Å². The number of nitrogens with zero attached hydrogens (tertiary/aromatic N) is 1. The Morgan fingerprint density at radius 2 is 2.17 bits per heavy atom. The van der Waals surface area contributed by atoms with Gasteiger partial charge in [-0.15, -0.1) is 0 Å². The molecule has 1 atom stereocenters. The fourth-order valence-electron chi connectivity index (χ4n) is 1.86. The van der Waals surface area contributed by atoms with E-state index in [0.29, 0.717) is 13.0 Å². The highest BCUT2D eigenvalue weighted by atomic mass is 127. The van der Waals surface area contributed by atoms with Crippen LogP contribution in [0.5, 0.6) is 0 Å². The van der Waals surface area contributed by atoms with Crippen molar-refractivity contribution in [3.63, 3.8) is 0 Å². The SMILES string of the molecule is CC1NC(=O)CCN(c2cc(I)ccc2Br)C1=O. The van der Waals surface area contributed by atoms with Gasteiger partial charge in [-0.1, -0.05) is 0 Å². The average Bonchev–Trinajstić information content (AvgIpc) is 2.44. The highest BCUT2D eigenvalue weighted by Gasteiger charge is 2.28. The predicted octanol–water partition coefficient (Wildman–Crippen LogP) is 2.30. The molecular formula is C12H12BrIN2O2. The number of carbonyl (C=O) groups is 2. The maximum absolute atomic E-state index is 12.2. The third kappa shape index (κ3) is 2.85. The Morgan fingerprint density at radius 1 is 1.44 bits per heavy atom. The van der Waals surface area contributed by atoms with Gasteiger partial charge in [0.2, 0.25) is 11.8 Å². The molecule has 1 aliphatic heterocycles. The quantitative estimate of drug-likeness (QED) is 0.706. The summed E-state index contributed by atoms with van der Waals surface area (Å²) in [6.07, 6.45) is 0.327. The lowest BCUT2D eigenvalue weighted by Gasteiger charge is -2.23. The monoisotopic (exact) mass is 422 g/mol. The lowest BCUT2D eigenvalue weighted by Crippen LogP contribution is -2.42. The molecule has 0 bridgehead atoms. The standard InChI is InChI=1S/C12H12BrIN2O2/c1-7-12(18)16(5-4-11(17)15-7)10-6-8(14)2-3-9(10)13/h2-3,6-7H,4-5H2,1H3,(H,15,17). The first-order chi connectivity index (χ1) is 8.49. The smallest absolute Gasteiger partial charge is 0.249 e. The van der Waals surface area contributed by atoms with Gasteiger partial charge in [0.15, 0.2) is 0 Å². The Balaban J connectivity index is 2.38. The van der Waals surface area contributed by atoms with E-state index in [0.717, 1.165) is 13.7 Å². The van der Waals surface area contributed by atoms with E-state index < -0.39 is 6.04 Å². The van der Waals surface area contributed by atoms with Crippen molar-refractivity contribution in [2.45, 2.75) is 19.4 Å². The first-order valence-electron chi connectivity index (χ1n) is 5.55. The van der Waals surface area contributed by atoms with E-state index in [2.05, 4.69) is 43.8 Å². The largest absolute Gasteiger partial charge is 0.345 e. The fraction of sp³-hybridized carbons (Fsp3) is 0.333. The van der Waals surface area contributed by atoms with Gasteiger partial charge in [0.05, 0.1) is 5.69 Å². The first kappa shape index (κ1) is 13.8. The summed E-state index contributed by atoms with van der Waals surface area (Å²) in [6, 6.07) is 5.33. The molecule has 1 fully saturated rings. The Hall–Kier alpha value is -0.630. The summed E-state index contributed by atoms with van der Waals surface area (Å²) in [7, 11) is 0. The van der Waals surface area contributed by atoms with Crippen LogP contribution in [0, 0.1) is 3.57 Å². The minimum absolute atomic E-state index is 0.0800. The minimum atomic E-state index is -0.482. The van der Waals surface area contributed by atoms with Crippen LogP contribution in [0.3, 0.4) is 0 Å². The molecule has 2 amide bonds. The van der Waals surface area contributed by atoms with E-state index >= 15 is 0 Å².